The Hall–Kier alpha value is -1.84. The van der Waals surface area contributed by atoms with Crippen LogP contribution in [0.5, 0.6) is 0 Å². The zero-order chi connectivity index (χ0) is 11.5. The number of halogens is 1. The van der Waals surface area contributed by atoms with Crippen LogP contribution in [-0.2, 0) is 0 Å². The number of nitrogens with zero attached hydrogens (tertiary/aromatic N) is 2. The molecule has 3 nitrogen and oxygen atoms in total. The molecule has 2 rings (SSSR count). The smallest absolute Gasteiger partial charge is 0.203 e. The van der Waals surface area contributed by atoms with E-state index in [-0.39, 0.29) is 11.9 Å². The maximum atomic E-state index is 13.6. The highest BCUT2D eigenvalue weighted by Gasteiger charge is 2.14. The molecular formula is C12H14FN3. The fourth-order valence-corrected chi connectivity index (χ4v) is 1.78. The molecule has 0 amide bonds. The lowest BCUT2D eigenvalue weighted by molar-refractivity contribution is 0.560. The van der Waals surface area contributed by atoms with Gasteiger partial charge in [0.05, 0.1) is 6.04 Å². The monoisotopic (exact) mass is 219 g/mol. The number of anilines is 1. The van der Waals surface area contributed by atoms with Crippen LogP contribution < -0.4 is 5.32 Å². The van der Waals surface area contributed by atoms with E-state index in [9.17, 15) is 4.39 Å². The average molecular weight is 219 g/mol. The van der Waals surface area contributed by atoms with E-state index in [0.29, 0.717) is 5.56 Å². The van der Waals surface area contributed by atoms with E-state index >= 15 is 0 Å². The van der Waals surface area contributed by atoms with Gasteiger partial charge in [-0.05, 0) is 13.0 Å². The second-order valence-electron chi connectivity index (χ2n) is 3.61. The van der Waals surface area contributed by atoms with Crippen molar-refractivity contribution in [1.82, 2.24) is 9.55 Å². The average Bonchev–Trinajstić information content (AvgIpc) is 2.77. The van der Waals surface area contributed by atoms with Gasteiger partial charge >= 0.3 is 0 Å². The van der Waals surface area contributed by atoms with E-state index in [2.05, 4.69) is 10.3 Å². The van der Waals surface area contributed by atoms with Crippen molar-refractivity contribution in [2.75, 3.05) is 12.4 Å². The zero-order valence-corrected chi connectivity index (χ0v) is 9.31. The topological polar surface area (TPSA) is 29.9 Å². The van der Waals surface area contributed by atoms with Gasteiger partial charge in [0.25, 0.3) is 0 Å². The van der Waals surface area contributed by atoms with Crippen molar-refractivity contribution in [3.05, 3.63) is 48.0 Å². The lowest BCUT2D eigenvalue weighted by Gasteiger charge is -2.16. The molecule has 0 aliphatic carbocycles. The molecule has 0 saturated heterocycles. The molecule has 0 spiro atoms. The number of rotatable bonds is 3. The lowest BCUT2D eigenvalue weighted by atomic mass is 10.1. The first-order valence-corrected chi connectivity index (χ1v) is 5.19. The molecule has 0 bridgehead atoms. The standard InChI is InChI=1S/C12H14FN3/c1-9(10-5-3-4-6-11(10)13)16-8-7-15-12(16)14-2/h3-9H,1-2H3,(H,14,15). The Kier molecular flexibility index (Phi) is 2.90. The molecule has 0 fully saturated rings. The number of nitrogens with one attached hydrogen (secondary N) is 1. The molecule has 0 aliphatic rings. The van der Waals surface area contributed by atoms with Crippen LogP contribution in [0, 0.1) is 5.82 Å². The van der Waals surface area contributed by atoms with E-state index in [0.717, 1.165) is 5.95 Å². The predicted octanol–water partition coefficient (Wildman–Crippen LogP) is 2.67. The second-order valence-corrected chi connectivity index (χ2v) is 3.61. The Bertz CT molecular complexity index is 479. The summed E-state index contributed by atoms with van der Waals surface area (Å²) >= 11 is 0. The van der Waals surface area contributed by atoms with Crippen molar-refractivity contribution in [3.8, 4) is 0 Å². The normalized spacial score (nSPS) is 12.4. The summed E-state index contributed by atoms with van der Waals surface area (Å²) in [7, 11) is 1.80. The Balaban J connectivity index is 2.39. The first-order chi connectivity index (χ1) is 7.74. The van der Waals surface area contributed by atoms with E-state index in [1.165, 1.54) is 6.07 Å². The van der Waals surface area contributed by atoms with Crippen LogP contribution in [-0.4, -0.2) is 16.6 Å². The van der Waals surface area contributed by atoms with Crippen LogP contribution >= 0.6 is 0 Å². The van der Waals surface area contributed by atoms with Gasteiger partial charge in [0.15, 0.2) is 0 Å². The Labute approximate surface area is 93.9 Å². The number of hydrogen-bond donors (Lipinski definition) is 1. The molecule has 4 heteroatoms. The van der Waals surface area contributed by atoms with Gasteiger partial charge in [-0.1, -0.05) is 18.2 Å². The summed E-state index contributed by atoms with van der Waals surface area (Å²) in [4.78, 5) is 4.14. The van der Waals surface area contributed by atoms with Crippen molar-refractivity contribution < 1.29 is 4.39 Å². The van der Waals surface area contributed by atoms with Crippen molar-refractivity contribution >= 4 is 5.95 Å². The Morgan fingerprint density at radius 3 is 2.81 bits per heavy atom. The van der Waals surface area contributed by atoms with Gasteiger partial charge < -0.3 is 9.88 Å². The van der Waals surface area contributed by atoms with Gasteiger partial charge in [-0.15, -0.1) is 0 Å². The summed E-state index contributed by atoms with van der Waals surface area (Å²) in [5.74, 6) is 0.543. The lowest BCUT2D eigenvalue weighted by Crippen LogP contribution is -2.10. The molecule has 1 N–H and O–H groups in total. The minimum Gasteiger partial charge on any atom is -0.359 e. The van der Waals surface area contributed by atoms with Crippen LogP contribution in [0.4, 0.5) is 10.3 Å². The van der Waals surface area contributed by atoms with Gasteiger partial charge in [0.2, 0.25) is 5.95 Å². The molecule has 16 heavy (non-hydrogen) atoms. The Morgan fingerprint density at radius 2 is 2.12 bits per heavy atom. The highest BCUT2D eigenvalue weighted by molar-refractivity contribution is 5.30. The highest BCUT2D eigenvalue weighted by Crippen LogP contribution is 2.23. The second kappa shape index (κ2) is 4.35. The van der Waals surface area contributed by atoms with Crippen LogP contribution in [0.1, 0.15) is 18.5 Å². The zero-order valence-electron chi connectivity index (χ0n) is 9.31. The highest BCUT2D eigenvalue weighted by atomic mass is 19.1. The number of hydrogen-bond acceptors (Lipinski definition) is 2. The molecule has 2 aromatic rings. The van der Waals surface area contributed by atoms with Gasteiger partial charge in [0, 0.05) is 25.0 Å². The molecular weight excluding hydrogens is 205 g/mol. The first-order valence-electron chi connectivity index (χ1n) is 5.19. The van der Waals surface area contributed by atoms with E-state index in [4.69, 9.17) is 0 Å². The minimum atomic E-state index is -0.189. The molecule has 1 aromatic carbocycles. The molecule has 0 aliphatic heterocycles. The van der Waals surface area contributed by atoms with Crippen LogP contribution in [0.15, 0.2) is 36.7 Å². The summed E-state index contributed by atoms with van der Waals surface area (Å²) in [5.41, 5.74) is 0.664. The van der Waals surface area contributed by atoms with Crippen molar-refractivity contribution in [1.29, 1.82) is 0 Å². The number of imidazole rings is 1. The summed E-state index contributed by atoms with van der Waals surface area (Å²) in [5, 5.41) is 2.98. The number of benzene rings is 1. The van der Waals surface area contributed by atoms with Crippen molar-refractivity contribution in [3.63, 3.8) is 0 Å². The summed E-state index contributed by atoms with van der Waals surface area (Å²) in [6.07, 6.45) is 3.53. The maximum Gasteiger partial charge on any atom is 0.203 e. The molecule has 0 radical (unpaired) electrons. The molecule has 1 unspecified atom stereocenters. The molecule has 84 valence electrons. The largest absolute Gasteiger partial charge is 0.359 e. The van der Waals surface area contributed by atoms with Gasteiger partial charge in [-0.3, -0.25) is 0 Å². The predicted molar refractivity (Wildman–Crippen MR) is 62.0 cm³/mol. The van der Waals surface area contributed by atoms with Crippen LogP contribution in [0.2, 0.25) is 0 Å². The third-order valence-corrected chi connectivity index (χ3v) is 2.66. The van der Waals surface area contributed by atoms with Crippen molar-refractivity contribution in [2.45, 2.75) is 13.0 Å². The third-order valence-electron chi connectivity index (χ3n) is 2.66. The molecule has 1 atom stereocenters. The number of aromatic nitrogens is 2. The first kappa shape index (κ1) is 10.7. The SMILES string of the molecule is CNc1nccn1C(C)c1ccccc1F. The third kappa shape index (κ3) is 1.78. The molecule has 0 saturated carbocycles. The van der Waals surface area contributed by atoms with Crippen molar-refractivity contribution in [2.24, 2.45) is 0 Å². The summed E-state index contributed by atoms with van der Waals surface area (Å²) < 4.78 is 15.5. The van der Waals surface area contributed by atoms with E-state index in [1.54, 1.807) is 25.4 Å². The quantitative estimate of drug-likeness (QED) is 0.860. The van der Waals surface area contributed by atoms with Gasteiger partial charge in [-0.2, -0.15) is 0 Å². The van der Waals surface area contributed by atoms with E-state index < -0.39 is 0 Å². The molecule has 1 heterocycles. The van der Waals surface area contributed by atoms with Crippen LogP contribution in [0.25, 0.3) is 0 Å². The van der Waals surface area contributed by atoms with Gasteiger partial charge in [0.1, 0.15) is 5.82 Å². The fraction of sp³-hybridized carbons (Fsp3) is 0.250. The maximum absolute atomic E-state index is 13.6. The summed E-state index contributed by atoms with van der Waals surface area (Å²) in [6, 6.07) is 6.72. The van der Waals surface area contributed by atoms with E-state index in [1.807, 2.05) is 23.8 Å². The fourth-order valence-electron chi connectivity index (χ4n) is 1.78. The molecule has 1 aromatic heterocycles. The summed E-state index contributed by atoms with van der Waals surface area (Å²) in [6.45, 7) is 1.95. The van der Waals surface area contributed by atoms with Crippen LogP contribution in [0.3, 0.4) is 0 Å². The van der Waals surface area contributed by atoms with Gasteiger partial charge in [-0.25, -0.2) is 9.37 Å². The minimum absolute atomic E-state index is 0.0776. The Morgan fingerprint density at radius 1 is 1.38 bits per heavy atom.